The van der Waals surface area contributed by atoms with Crippen molar-refractivity contribution in [1.82, 2.24) is 10.2 Å². The summed E-state index contributed by atoms with van der Waals surface area (Å²) < 4.78 is 5.19. The molecule has 0 amide bonds. The van der Waals surface area contributed by atoms with Crippen LogP contribution in [0.5, 0.6) is 5.75 Å². The average Bonchev–Trinajstić information content (AvgIpc) is 2.40. The van der Waals surface area contributed by atoms with Crippen LogP contribution in [0.15, 0.2) is 36.9 Å². The molecule has 1 aliphatic heterocycles. The fraction of sp³-hybridized carbons (Fsp3) is 0.429. The van der Waals surface area contributed by atoms with Crippen LogP contribution in [0, 0.1) is 0 Å². The number of hydrogen-bond acceptors (Lipinski definition) is 3. The molecule has 0 spiro atoms. The molecular weight excluding hydrogens is 212 g/mol. The summed E-state index contributed by atoms with van der Waals surface area (Å²) in [4.78, 5) is 2.45. The van der Waals surface area contributed by atoms with Gasteiger partial charge in [-0.15, -0.1) is 6.58 Å². The predicted molar refractivity (Wildman–Crippen MR) is 70.4 cm³/mol. The van der Waals surface area contributed by atoms with Crippen molar-refractivity contribution in [2.45, 2.75) is 6.04 Å². The number of nitrogens with zero attached hydrogens (tertiary/aromatic N) is 1. The van der Waals surface area contributed by atoms with E-state index in [0.29, 0.717) is 6.04 Å². The fourth-order valence-electron chi connectivity index (χ4n) is 2.29. The van der Waals surface area contributed by atoms with Gasteiger partial charge in [0.1, 0.15) is 5.75 Å². The lowest BCUT2D eigenvalue weighted by Gasteiger charge is -2.35. The molecule has 0 aromatic heterocycles. The molecule has 1 atom stereocenters. The Kier molecular flexibility index (Phi) is 4.18. The van der Waals surface area contributed by atoms with E-state index in [0.717, 1.165) is 31.9 Å². The summed E-state index contributed by atoms with van der Waals surface area (Å²) in [5.41, 5.74) is 1.33. The lowest BCUT2D eigenvalue weighted by molar-refractivity contribution is 0.180. The Morgan fingerprint density at radius 2 is 2.24 bits per heavy atom. The summed E-state index contributed by atoms with van der Waals surface area (Å²) in [5, 5.41) is 3.44. The number of methoxy groups -OCH3 is 1. The quantitative estimate of drug-likeness (QED) is 0.802. The van der Waals surface area contributed by atoms with Crippen molar-refractivity contribution in [3.63, 3.8) is 0 Å². The minimum Gasteiger partial charge on any atom is -0.497 e. The molecule has 2 rings (SSSR count). The maximum atomic E-state index is 5.19. The van der Waals surface area contributed by atoms with Crippen LogP contribution in [0.1, 0.15) is 11.6 Å². The van der Waals surface area contributed by atoms with E-state index in [2.05, 4.69) is 28.9 Å². The molecule has 0 saturated carbocycles. The van der Waals surface area contributed by atoms with Crippen molar-refractivity contribution in [3.05, 3.63) is 42.5 Å². The molecule has 1 saturated heterocycles. The van der Waals surface area contributed by atoms with E-state index in [9.17, 15) is 0 Å². The number of hydrogen-bond donors (Lipinski definition) is 1. The lowest BCUT2D eigenvalue weighted by Crippen LogP contribution is -2.45. The van der Waals surface area contributed by atoms with E-state index in [1.807, 2.05) is 18.2 Å². The molecule has 0 aliphatic carbocycles. The van der Waals surface area contributed by atoms with Crippen LogP contribution in [0.25, 0.3) is 0 Å². The summed E-state index contributed by atoms with van der Waals surface area (Å²) in [6.07, 6.45) is 1.97. The van der Waals surface area contributed by atoms with Gasteiger partial charge in [-0.3, -0.25) is 4.90 Å². The van der Waals surface area contributed by atoms with Crippen LogP contribution in [-0.4, -0.2) is 38.2 Å². The number of piperazine rings is 1. The highest BCUT2D eigenvalue weighted by molar-refractivity contribution is 5.29. The molecule has 0 unspecified atom stereocenters. The van der Waals surface area contributed by atoms with Crippen molar-refractivity contribution >= 4 is 0 Å². The predicted octanol–water partition coefficient (Wildman–Crippen LogP) is 1.83. The van der Waals surface area contributed by atoms with Gasteiger partial charge in [0.25, 0.3) is 0 Å². The van der Waals surface area contributed by atoms with E-state index >= 15 is 0 Å². The molecule has 92 valence electrons. The summed E-state index contributed by atoms with van der Waals surface area (Å²) in [6, 6.07) is 8.78. The largest absolute Gasteiger partial charge is 0.497 e. The summed E-state index contributed by atoms with van der Waals surface area (Å²) in [7, 11) is 1.70. The SMILES string of the molecule is C=CCN1CCNC[C@@H]1c1ccc(OC)cc1. The third-order valence-electron chi connectivity index (χ3n) is 3.22. The minimum absolute atomic E-state index is 0.438. The van der Waals surface area contributed by atoms with Crippen molar-refractivity contribution in [2.75, 3.05) is 33.3 Å². The number of ether oxygens (including phenoxy) is 1. The fourth-order valence-corrected chi connectivity index (χ4v) is 2.29. The second kappa shape index (κ2) is 5.84. The highest BCUT2D eigenvalue weighted by Crippen LogP contribution is 2.23. The first-order valence-corrected chi connectivity index (χ1v) is 6.04. The first kappa shape index (κ1) is 12.1. The van der Waals surface area contributed by atoms with Crippen molar-refractivity contribution in [1.29, 1.82) is 0 Å². The van der Waals surface area contributed by atoms with E-state index in [-0.39, 0.29) is 0 Å². The number of nitrogens with one attached hydrogen (secondary N) is 1. The molecule has 0 radical (unpaired) electrons. The number of rotatable bonds is 4. The first-order chi connectivity index (χ1) is 8.35. The van der Waals surface area contributed by atoms with E-state index in [1.165, 1.54) is 5.56 Å². The van der Waals surface area contributed by atoms with Crippen LogP contribution in [0.4, 0.5) is 0 Å². The molecule has 1 aromatic rings. The normalized spacial score (nSPS) is 21.1. The molecular formula is C14H20N2O. The molecule has 1 fully saturated rings. The summed E-state index contributed by atoms with van der Waals surface area (Å²) in [5.74, 6) is 0.910. The second-order valence-corrected chi connectivity index (χ2v) is 4.28. The number of benzene rings is 1. The van der Waals surface area contributed by atoms with Crippen LogP contribution in [0.2, 0.25) is 0 Å². The van der Waals surface area contributed by atoms with Gasteiger partial charge in [0.05, 0.1) is 7.11 Å². The zero-order chi connectivity index (χ0) is 12.1. The van der Waals surface area contributed by atoms with Gasteiger partial charge in [-0.1, -0.05) is 18.2 Å². The van der Waals surface area contributed by atoms with Crippen molar-refractivity contribution in [3.8, 4) is 5.75 Å². The smallest absolute Gasteiger partial charge is 0.118 e. The highest BCUT2D eigenvalue weighted by Gasteiger charge is 2.22. The lowest BCUT2D eigenvalue weighted by atomic mass is 10.0. The van der Waals surface area contributed by atoms with Gasteiger partial charge in [-0.2, -0.15) is 0 Å². The minimum atomic E-state index is 0.438. The molecule has 0 bridgehead atoms. The zero-order valence-electron chi connectivity index (χ0n) is 10.4. The summed E-state index contributed by atoms with van der Waals surface area (Å²) in [6.45, 7) is 7.90. The Balaban J connectivity index is 2.14. The topological polar surface area (TPSA) is 24.5 Å². The Morgan fingerprint density at radius 3 is 2.88 bits per heavy atom. The van der Waals surface area contributed by atoms with Crippen molar-refractivity contribution in [2.24, 2.45) is 0 Å². The van der Waals surface area contributed by atoms with E-state index in [1.54, 1.807) is 7.11 Å². The van der Waals surface area contributed by atoms with Crippen LogP contribution < -0.4 is 10.1 Å². The Bertz CT molecular complexity index is 361. The Labute approximate surface area is 103 Å². The summed E-state index contributed by atoms with van der Waals surface area (Å²) >= 11 is 0. The maximum Gasteiger partial charge on any atom is 0.118 e. The Morgan fingerprint density at radius 1 is 1.47 bits per heavy atom. The zero-order valence-corrected chi connectivity index (χ0v) is 10.4. The van der Waals surface area contributed by atoms with Crippen LogP contribution >= 0.6 is 0 Å². The van der Waals surface area contributed by atoms with E-state index in [4.69, 9.17) is 4.74 Å². The molecule has 1 aromatic carbocycles. The molecule has 1 heterocycles. The standard InChI is InChI=1S/C14H20N2O/c1-3-9-16-10-8-15-11-14(16)12-4-6-13(17-2)7-5-12/h3-7,14-15H,1,8-11H2,2H3/t14-/m1/s1. The van der Waals surface area contributed by atoms with Crippen LogP contribution in [-0.2, 0) is 0 Å². The van der Waals surface area contributed by atoms with Gasteiger partial charge in [-0.05, 0) is 17.7 Å². The van der Waals surface area contributed by atoms with E-state index < -0.39 is 0 Å². The highest BCUT2D eigenvalue weighted by atomic mass is 16.5. The third-order valence-corrected chi connectivity index (χ3v) is 3.22. The van der Waals surface area contributed by atoms with Gasteiger partial charge < -0.3 is 10.1 Å². The Hall–Kier alpha value is -1.32. The molecule has 1 aliphatic rings. The van der Waals surface area contributed by atoms with Gasteiger partial charge in [0.15, 0.2) is 0 Å². The first-order valence-electron chi connectivity index (χ1n) is 6.04. The van der Waals surface area contributed by atoms with Gasteiger partial charge >= 0.3 is 0 Å². The third kappa shape index (κ3) is 2.87. The maximum absolute atomic E-state index is 5.19. The molecule has 1 N–H and O–H groups in total. The van der Waals surface area contributed by atoms with Gasteiger partial charge in [0, 0.05) is 32.2 Å². The van der Waals surface area contributed by atoms with Crippen molar-refractivity contribution < 1.29 is 4.74 Å². The molecule has 3 heteroatoms. The van der Waals surface area contributed by atoms with Gasteiger partial charge in [-0.25, -0.2) is 0 Å². The monoisotopic (exact) mass is 232 g/mol. The van der Waals surface area contributed by atoms with Gasteiger partial charge in [0.2, 0.25) is 0 Å². The molecule has 17 heavy (non-hydrogen) atoms. The average molecular weight is 232 g/mol. The molecule has 3 nitrogen and oxygen atoms in total. The van der Waals surface area contributed by atoms with Crippen LogP contribution in [0.3, 0.4) is 0 Å². The second-order valence-electron chi connectivity index (χ2n) is 4.28.